The maximum Gasteiger partial charge on any atom is 1.00 e. The van der Waals surface area contributed by atoms with Crippen LogP contribution in [0.2, 0.25) is 0 Å². The van der Waals surface area contributed by atoms with Gasteiger partial charge in [0.15, 0.2) is 0 Å². The van der Waals surface area contributed by atoms with Crippen LogP contribution in [0.5, 0.6) is 11.5 Å². The van der Waals surface area contributed by atoms with E-state index >= 15 is 0 Å². The van der Waals surface area contributed by atoms with Gasteiger partial charge in [0.05, 0.1) is 17.8 Å². The van der Waals surface area contributed by atoms with E-state index in [2.05, 4.69) is 16.8 Å². The Morgan fingerprint density at radius 2 is 1.62 bits per heavy atom. The van der Waals surface area contributed by atoms with Gasteiger partial charge in [-0.3, -0.25) is 4.18 Å². The van der Waals surface area contributed by atoms with Gasteiger partial charge in [0.2, 0.25) is 0 Å². The van der Waals surface area contributed by atoms with E-state index in [9.17, 15) is 8.42 Å². The molecule has 0 atom stereocenters. The maximum atomic E-state index is 11.1. The third kappa shape index (κ3) is 6.64. The fourth-order valence-corrected chi connectivity index (χ4v) is 1.99. The van der Waals surface area contributed by atoms with Crippen molar-refractivity contribution in [2.45, 2.75) is 9.79 Å². The zero-order valence-corrected chi connectivity index (χ0v) is 15.2. The molecule has 0 bridgehead atoms. The Morgan fingerprint density at radius 1 is 1.05 bits per heavy atom. The summed E-state index contributed by atoms with van der Waals surface area (Å²) in [5.41, 5.74) is 0. The zero-order chi connectivity index (χ0) is 15.2. The molecule has 2 aromatic rings. The van der Waals surface area contributed by atoms with E-state index < -0.39 is 10.1 Å². The Hall–Kier alpha value is -0.830. The first-order valence-corrected chi connectivity index (χ1v) is 7.23. The molecule has 2 rings (SSSR count). The molecule has 0 fully saturated rings. The molecule has 0 radical (unpaired) electrons. The summed E-state index contributed by atoms with van der Waals surface area (Å²) in [5, 5.41) is 17.8. The molecular formula is C13H13NaO5S2. The summed E-state index contributed by atoms with van der Waals surface area (Å²) in [5.74, 6) is 0.0793. The normalized spacial score (nSPS) is 9.95. The molecule has 2 N–H and O–H groups in total. The van der Waals surface area contributed by atoms with Gasteiger partial charge in [0.25, 0.3) is 10.1 Å². The Bertz CT molecular complexity index is 660. The summed E-state index contributed by atoms with van der Waals surface area (Å²) in [6, 6.07) is 12.4. The number of aromatic hydroxyl groups is 2. The number of phenols is 2. The third-order valence-corrected chi connectivity index (χ3v) is 3.81. The van der Waals surface area contributed by atoms with Gasteiger partial charge < -0.3 is 22.8 Å². The Balaban J connectivity index is 0.000000425. The number of para-hydroxylation sites is 1. The Kier molecular flexibility index (Phi) is 8.88. The molecule has 2 aromatic carbocycles. The van der Waals surface area contributed by atoms with Crippen molar-refractivity contribution in [1.29, 1.82) is 0 Å². The molecule has 5 nitrogen and oxygen atoms in total. The van der Waals surface area contributed by atoms with Crippen LogP contribution in [0.25, 0.3) is 0 Å². The fraction of sp³-hybridized carbons (Fsp3) is 0.0769. The first-order valence-electron chi connectivity index (χ1n) is 5.41. The van der Waals surface area contributed by atoms with Crippen LogP contribution < -0.4 is 29.6 Å². The minimum Gasteiger partial charge on any atom is -0.776 e. The van der Waals surface area contributed by atoms with Crippen LogP contribution in [0.15, 0.2) is 58.3 Å². The molecule has 0 amide bonds. The van der Waals surface area contributed by atoms with Crippen molar-refractivity contribution in [1.82, 2.24) is 0 Å². The second-order valence-electron chi connectivity index (χ2n) is 3.59. The molecule has 0 unspecified atom stereocenters. The summed E-state index contributed by atoms with van der Waals surface area (Å²) in [4.78, 5) is 0.0937. The number of benzene rings is 2. The topological polar surface area (TPSA) is 83.8 Å². The quantitative estimate of drug-likeness (QED) is 0.417. The number of hydrogen-bond acceptors (Lipinski definition) is 6. The number of hydrogen-bond donors (Lipinski definition) is 2. The predicted molar refractivity (Wildman–Crippen MR) is 76.0 cm³/mol. The number of rotatable bonds is 2. The minimum absolute atomic E-state index is 0. The van der Waals surface area contributed by atoms with Crippen molar-refractivity contribution in [2.75, 3.05) is 7.11 Å². The van der Waals surface area contributed by atoms with Crippen molar-refractivity contribution in [3.8, 4) is 11.5 Å². The average Bonchev–Trinajstić information content (AvgIpc) is 2.43. The van der Waals surface area contributed by atoms with E-state index in [1.807, 2.05) is 6.07 Å². The average molecular weight is 336 g/mol. The van der Waals surface area contributed by atoms with Gasteiger partial charge in [-0.1, -0.05) is 24.3 Å². The van der Waals surface area contributed by atoms with Crippen LogP contribution >= 0.6 is 0 Å². The molecule has 108 valence electrons. The summed E-state index contributed by atoms with van der Waals surface area (Å²) in [6.45, 7) is 0. The van der Waals surface area contributed by atoms with Crippen LogP contribution in [0.3, 0.4) is 0 Å². The third-order valence-electron chi connectivity index (χ3n) is 2.19. The summed E-state index contributed by atoms with van der Waals surface area (Å²) in [7, 11) is -2.69. The summed E-state index contributed by atoms with van der Waals surface area (Å²) < 4.78 is 26.4. The van der Waals surface area contributed by atoms with Gasteiger partial charge in [-0.15, -0.1) is 4.90 Å². The van der Waals surface area contributed by atoms with Gasteiger partial charge in [-0.05, 0) is 24.3 Å². The van der Waals surface area contributed by atoms with Gasteiger partial charge >= 0.3 is 29.6 Å². The van der Waals surface area contributed by atoms with Crippen molar-refractivity contribution >= 4 is 22.7 Å². The van der Waals surface area contributed by atoms with Crippen molar-refractivity contribution in [3.63, 3.8) is 0 Å². The van der Waals surface area contributed by atoms with Gasteiger partial charge in [-0.2, -0.15) is 8.42 Å². The van der Waals surface area contributed by atoms with E-state index in [0.717, 1.165) is 13.2 Å². The first kappa shape index (κ1) is 20.2. The van der Waals surface area contributed by atoms with Gasteiger partial charge in [0, 0.05) is 0 Å². The zero-order valence-electron chi connectivity index (χ0n) is 11.6. The second kappa shape index (κ2) is 9.24. The second-order valence-corrected chi connectivity index (χ2v) is 5.74. The van der Waals surface area contributed by atoms with E-state index in [0.29, 0.717) is 5.75 Å². The van der Waals surface area contributed by atoms with Crippen LogP contribution in [0.1, 0.15) is 0 Å². The summed E-state index contributed by atoms with van der Waals surface area (Å²) in [6.07, 6.45) is 0. The van der Waals surface area contributed by atoms with Crippen molar-refractivity contribution in [2.24, 2.45) is 0 Å². The molecule has 0 saturated carbocycles. The largest absolute Gasteiger partial charge is 1.00 e. The standard InChI is InChI=1S/C7H8O4S2.C6H6O.Na/c1-11-13(9,10)5-2-3-7(12)6(8)4-5;7-6-4-2-1-3-5-6;/h2-4,8,12H,1H3;1-5,7H;/q;;+1/p-1. The van der Waals surface area contributed by atoms with Gasteiger partial charge in [0.1, 0.15) is 5.75 Å². The molecule has 0 aliphatic rings. The molecular weight excluding hydrogens is 323 g/mol. The van der Waals surface area contributed by atoms with E-state index in [1.165, 1.54) is 12.1 Å². The van der Waals surface area contributed by atoms with Crippen LogP contribution in [0, 0.1) is 0 Å². The van der Waals surface area contributed by atoms with Crippen LogP contribution in [0.4, 0.5) is 0 Å². The van der Waals surface area contributed by atoms with Crippen LogP contribution in [-0.4, -0.2) is 25.7 Å². The van der Waals surface area contributed by atoms with Crippen LogP contribution in [-0.2, 0) is 26.9 Å². The van der Waals surface area contributed by atoms with E-state index in [-0.39, 0.29) is 45.1 Å². The maximum absolute atomic E-state index is 11.1. The molecule has 0 aliphatic carbocycles. The predicted octanol–water partition coefficient (Wildman–Crippen LogP) is -0.971. The molecule has 0 saturated heterocycles. The van der Waals surface area contributed by atoms with E-state index in [1.54, 1.807) is 24.3 Å². The smallest absolute Gasteiger partial charge is 0.776 e. The molecule has 0 aliphatic heterocycles. The molecule has 0 heterocycles. The SMILES string of the molecule is COS(=O)(=O)c1ccc([S-])c(O)c1.Oc1ccccc1.[Na+]. The monoisotopic (exact) mass is 336 g/mol. The molecule has 21 heavy (non-hydrogen) atoms. The van der Waals surface area contributed by atoms with Crippen molar-refractivity contribution < 1.29 is 52.4 Å². The summed E-state index contributed by atoms with van der Waals surface area (Å²) >= 11 is 4.69. The fourth-order valence-electron chi connectivity index (χ4n) is 1.18. The van der Waals surface area contributed by atoms with E-state index in [4.69, 9.17) is 10.2 Å². The number of phenolic OH excluding ortho intramolecular Hbond substituents is 2. The molecule has 0 aromatic heterocycles. The van der Waals surface area contributed by atoms with Crippen molar-refractivity contribution in [3.05, 3.63) is 48.5 Å². The Labute approximate surface area is 151 Å². The molecule has 8 heteroatoms. The first-order chi connectivity index (χ1) is 9.36. The minimum atomic E-state index is -3.74. The van der Waals surface area contributed by atoms with Gasteiger partial charge in [-0.25, -0.2) is 0 Å². The Morgan fingerprint density at radius 3 is 2.00 bits per heavy atom. The molecule has 0 spiro atoms.